The molecule has 2 aromatic heterocycles. The molecule has 0 unspecified atom stereocenters. The second-order valence-electron chi connectivity index (χ2n) is 7.15. The fraction of sp³-hybridized carbons (Fsp3) is 0.647. The molecule has 0 bridgehead atoms. The summed E-state index contributed by atoms with van der Waals surface area (Å²) in [6.45, 7) is 4.14. The first-order valence-corrected chi connectivity index (χ1v) is 8.71. The molecule has 0 aromatic carbocycles. The molecular weight excluding hydrogens is 304 g/mol. The summed E-state index contributed by atoms with van der Waals surface area (Å²) in [6, 6.07) is -0.445. The van der Waals surface area contributed by atoms with Crippen LogP contribution in [0.5, 0.6) is 0 Å². The van der Waals surface area contributed by atoms with Gasteiger partial charge in [-0.15, -0.1) is 0 Å². The maximum atomic E-state index is 11.8. The van der Waals surface area contributed by atoms with Crippen molar-refractivity contribution in [3.05, 3.63) is 12.0 Å². The minimum Gasteiger partial charge on any atom is -0.368 e. The van der Waals surface area contributed by atoms with Gasteiger partial charge in [0.25, 0.3) is 0 Å². The van der Waals surface area contributed by atoms with E-state index in [4.69, 9.17) is 15.7 Å². The number of amides is 1. The molecule has 7 nitrogen and oxygen atoms in total. The summed E-state index contributed by atoms with van der Waals surface area (Å²) in [5, 5.41) is 8.37. The van der Waals surface area contributed by atoms with Gasteiger partial charge in [0.15, 0.2) is 5.65 Å². The summed E-state index contributed by atoms with van der Waals surface area (Å²) < 4.78 is 1.75. The topological polar surface area (TPSA) is 98.7 Å². The van der Waals surface area contributed by atoms with Gasteiger partial charge in [-0.05, 0) is 25.2 Å². The molecule has 24 heavy (non-hydrogen) atoms. The quantitative estimate of drug-likeness (QED) is 0.847. The van der Waals surface area contributed by atoms with Crippen molar-refractivity contribution in [2.45, 2.75) is 57.9 Å². The number of carbonyl (C=O) groups excluding carboxylic acids is 1. The molecule has 0 spiro atoms. The number of carbonyl (C=O) groups is 1. The Morgan fingerprint density at radius 3 is 2.71 bits per heavy atom. The van der Waals surface area contributed by atoms with Crippen LogP contribution in [0.4, 0.5) is 5.82 Å². The summed E-state index contributed by atoms with van der Waals surface area (Å²) in [4.78, 5) is 21.3. The lowest BCUT2D eigenvalue weighted by molar-refractivity contribution is -0.119. The zero-order valence-electron chi connectivity index (χ0n) is 14.6. The highest BCUT2D eigenvalue weighted by Gasteiger charge is 2.24. The number of primary amides is 1. The number of hydrogen-bond donors (Lipinski definition) is 2. The number of nitrogens with zero attached hydrogens (tertiary/aromatic N) is 4. The van der Waals surface area contributed by atoms with Gasteiger partial charge in [0.2, 0.25) is 5.91 Å². The highest BCUT2D eigenvalue weighted by molar-refractivity contribution is 5.90. The van der Waals surface area contributed by atoms with Gasteiger partial charge in [-0.25, -0.2) is 9.97 Å². The van der Waals surface area contributed by atoms with Crippen molar-refractivity contribution in [2.75, 3.05) is 5.32 Å². The van der Waals surface area contributed by atoms with Crippen LogP contribution in [0.1, 0.15) is 57.7 Å². The van der Waals surface area contributed by atoms with E-state index >= 15 is 0 Å². The van der Waals surface area contributed by atoms with Gasteiger partial charge in [0, 0.05) is 13.0 Å². The van der Waals surface area contributed by atoms with Gasteiger partial charge >= 0.3 is 0 Å². The van der Waals surface area contributed by atoms with E-state index in [-0.39, 0.29) is 5.91 Å². The fourth-order valence-electron chi connectivity index (χ4n) is 3.40. The van der Waals surface area contributed by atoms with Gasteiger partial charge < -0.3 is 11.1 Å². The normalized spacial score (nSPS) is 16.8. The van der Waals surface area contributed by atoms with Crippen molar-refractivity contribution >= 4 is 22.8 Å². The molecule has 0 saturated heterocycles. The first-order valence-electron chi connectivity index (χ1n) is 8.71. The Bertz CT molecular complexity index is 732. The van der Waals surface area contributed by atoms with Crippen molar-refractivity contribution in [3.8, 4) is 0 Å². The van der Waals surface area contributed by atoms with Gasteiger partial charge in [0.1, 0.15) is 17.7 Å². The van der Waals surface area contributed by atoms with Crippen LogP contribution in [-0.4, -0.2) is 31.7 Å². The van der Waals surface area contributed by atoms with Gasteiger partial charge in [-0.3, -0.25) is 9.48 Å². The smallest absolute Gasteiger partial charge is 0.239 e. The Morgan fingerprint density at radius 2 is 2.08 bits per heavy atom. The van der Waals surface area contributed by atoms with Crippen LogP contribution >= 0.6 is 0 Å². The molecule has 3 N–H and O–H groups in total. The largest absolute Gasteiger partial charge is 0.368 e. The molecule has 1 aliphatic rings. The molecule has 0 aliphatic heterocycles. The maximum absolute atomic E-state index is 11.8. The van der Waals surface area contributed by atoms with Crippen molar-refractivity contribution in [1.29, 1.82) is 0 Å². The SMILES string of the molecule is CC(C)C[C@H](Nc1nc(C2CCCC2)nc2c1cnn2C)C(N)=O. The molecular formula is C17H26N6O. The molecule has 0 radical (unpaired) electrons. The van der Waals surface area contributed by atoms with E-state index in [2.05, 4.69) is 24.3 Å². The lowest BCUT2D eigenvalue weighted by Gasteiger charge is -2.19. The number of nitrogens with one attached hydrogen (secondary N) is 1. The van der Waals surface area contributed by atoms with Crippen LogP contribution in [0.2, 0.25) is 0 Å². The lowest BCUT2D eigenvalue weighted by atomic mass is 10.0. The zero-order chi connectivity index (χ0) is 17.3. The van der Waals surface area contributed by atoms with E-state index in [1.165, 1.54) is 12.8 Å². The fourth-order valence-corrected chi connectivity index (χ4v) is 3.40. The van der Waals surface area contributed by atoms with Crippen molar-refractivity contribution in [2.24, 2.45) is 18.7 Å². The minimum absolute atomic E-state index is 0.357. The molecule has 2 aromatic rings. The number of fused-ring (bicyclic) bond motifs is 1. The second-order valence-corrected chi connectivity index (χ2v) is 7.15. The predicted molar refractivity (Wildman–Crippen MR) is 93.6 cm³/mol. The first kappa shape index (κ1) is 16.7. The zero-order valence-corrected chi connectivity index (χ0v) is 14.6. The Balaban J connectivity index is 1.99. The van der Waals surface area contributed by atoms with Crippen LogP contribution < -0.4 is 11.1 Å². The molecule has 3 rings (SSSR count). The second kappa shape index (κ2) is 6.75. The first-order chi connectivity index (χ1) is 11.5. The third-order valence-corrected chi connectivity index (χ3v) is 4.69. The Kier molecular flexibility index (Phi) is 4.69. The molecule has 130 valence electrons. The summed E-state index contributed by atoms with van der Waals surface area (Å²) in [6.07, 6.45) is 7.08. The lowest BCUT2D eigenvalue weighted by Crippen LogP contribution is -2.37. The third kappa shape index (κ3) is 3.34. The van der Waals surface area contributed by atoms with Crippen LogP contribution in [0.15, 0.2) is 6.20 Å². The van der Waals surface area contributed by atoms with Gasteiger partial charge in [-0.1, -0.05) is 26.7 Å². The monoisotopic (exact) mass is 330 g/mol. The van der Waals surface area contributed by atoms with Crippen LogP contribution in [0.25, 0.3) is 11.0 Å². The molecule has 1 fully saturated rings. The number of hydrogen-bond acceptors (Lipinski definition) is 5. The van der Waals surface area contributed by atoms with E-state index in [1.807, 2.05) is 7.05 Å². The number of rotatable bonds is 6. The molecule has 1 amide bonds. The maximum Gasteiger partial charge on any atom is 0.239 e. The third-order valence-electron chi connectivity index (χ3n) is 4.69. The highest BCUT2D eigenvalue weighted by atomic mass is 16.1. The number of nitrogens with two attached hydrogens (primary N) is 1. The standard InChI is InChI=1S/C17H26N6O/c1-10(2)8-13(14(18)24)20-16-12-9-19-23(3)17(12)22-15(21-16)11-6-4-5-7-11/h9-11,13H,4-8H2,1-3H3,(H2,18,24)(H,20,21,22)/t13-/m0/s1. The van der Waals surface area contributed by atoms with E-state index in [9.17, 15) is 4.79 Å². The average molecular weight is 330 g/mol. The molecule has 1 atom stereocenters. The number of aryl methyl sites for hydroxylation is 1. The van der Waals surface area contributed by atoms with Gasteiger partial charge in [-0.2, -0.15) is 5.10 Å². The van der Waals surface area contributed by atoms with Crippen molar-refractivity contribution in [1.82, 2.24) is 19.7 Å². The molecule has 7 heteroatoms. The molecule has 1 saturated carbocycles. The summed E-state index contributed by atoms with van der Waals surface area (Å²) in [5.41, 5.74) is 6.37. The minimum atomic E-state index is -0.445. The van der Waals surface area contributed by atoms with Crippen LogP contribution in [0, 0.1) is 5.92 Å². The summed E-state index contributed by atoms with van der Waals surface area (Å²) >= 11 is 0. The average Bonchev–Trinajstić information content (AvgIpc) is 3.16. The Hall–Kier alpha value is -2.18. The van der Waals surface area contributed by atoms with Crippen molar-refractivity contribution < 1.29 is 4.79 Å². The highest BCUT2D eigenvalue weighted by Crippen LogP contribution is 2.34. The van der Waals surface area contributed by atoms with Crippen LogP contribution in [-0.2, 0) is 11.8 Å². The molecule has 2 heterocycles. The number of anilines is 1. The van der Waals surface area contributed by atoms with Crippen molar-refractivity contribution in [3.63, 3.8) is 0 Å². The summed E-state index contributed by atoms with van der Waals surface area (Å²) in [5.74, 6) is 1.90. The van der Waals surface area contributed by atoms with E-state index < -0.39 is 6.04 Å². The summed E-state index contributed by atoms with van der Waals surface area (Å²) in [7, 11) is 1.87. The van der Waals surface area contributed by atoms with E-state index in [0.717, 1.165) is 29.7 Å². The van der Waals surface area contributed by atoms with E-state index in [1.54, 1.807) is 10.9 Å². The Labute approximate surface area is 142 Å². The van der Waals surface area contributed by atoms with E-state index in [0.29, 0.717) is 24.1 Å². The molecule has 1 aliphatic carbocycles. The predicted octanol–water partition coefficient (Wildman–Crippen LogP) is 2.33. The Morgan fingerprint density at radius 1 is 1.38 bits per heavy atom. The van der Waals surface area contributed by atoms with Crippen LogP contribution in [0.3, 0.4) is 0 Å². The number of aromatic nitrogens is 4. The van der Waals surface area contributed by atoms with Gasteiger partial charge in [0.05, 0.1) is 11.6 Å².